The molecule has 4 heteroatoms. The number of aryl methyl sites for hydroxylation is 1. The molecule has 0 saturated carbocycles. The van der Waals surface area contributed by atoms with E-state index in [2.05, 4.69) is 0 Å². The lowest BCUT2D eigenvalue weighted by Crippen LogP contribution is -2.28. The highest BCUT2D eigenvalue weighted by atomic mass is 16.5. The van der Waals surface area contributed by atoms with Crippen LogP contribution < -0.4 is 0 Å². The summed E-state index contributed by atoms with van der Waals surface area (Å²) in [5.41, 5.74) is 2.20. The number of ether oxygens (including phenoxy) is 1. The quantitative estimate of drug-likeness (QED) is 0.591. The normalized spacial score (nSPS) is 9.94. The van der Waals surface area contributed by atoms with E-state index in [-0.39, 0.29) is 12.3 Å². The van der Waals surface area contributed by atoms with E-state index in [0.717, 1.165) is 11.1 Å². The summed E-state index contributed by atoms with van der Waals surface area (Å²) in [7, 11) is 1.68. The molecule has 4 nitrogen and oxygen atoms in total. The van der Waals surface area contributed by atoms with Crippen LogP contribution >= 0.6 is 0 Å². The van der Waals surface area contributed by atoms with Crippen LogP contribution in [0.25, 0.3) is 0 Å². The van der Waals surface area contributed by atoms with E-state index in [0.29, 0.717) is 13.2 Å². The van der Waals surface area contributed by atoms with Gasteiger partial charge in [-0.2, -0.15) is 0 Å². The van der Waals surface area contributed by atoms with E-state index in [1.165, 1.54) is 4.90 Å². The summed E-state index contributed by atoms with van der Waals surface area (Å²) in [5, 5.41) is 0. The summed E-state index contributed by atoms with van der Waals surface area (Å²) < 4.78 is 4.75. The van der Waals surface area contributed by atoms with Gasteiger partial charge in [-0.15, -0.1) is 0 Å². The van der Waals surface area contributed by atoms with Crippen LogP contribution in [0.3, 0.4) is 0 Å². The molecule has 0 N–H and O–H groups in total. The minimum atomic E-state index is -0.474. The first-order chi connectivity index (χ1) is 8.52. The Labute approximate surface area is 108 Å². The maximum absolute atomic E-state index is 11.7. The third-order valence-corrected chi connectivity index (χ3v) is 2.53. The van der Waals surface area contributed by atoms with Gasteiger partial charge in [0.1, 0.15) is 6.42 Å². The maximum Gasteiger partial charge on any atom is 0.315 e. The van der Waals surface area contributed by atoms with Crippen LogP contribution in [0.5, 0.6) is 0 Å². The van der Waals surface area contributed by atoms with Gasteiger partial charge in [-0.3, -0.25) is 9.59 Å². The van der Waals surface area contributed by atoms with Crippen molar-refractivity contribution < 1.29 is 14.3 Å². The van der Waals surface area contributed by atoms with E-state index < -0.39 is 5.97 Å². The Hall–Kier alpha value is -1.84. The van der Waals surface area contributed by atoms with Crippen molar-refractivity contribution in [2.45, 2.75) is 26.8 Å². The first kappa shape index (κ1) is 14.2. The van der Waals surface area contributed by atoms with Crippen molar-refractivity contribution >= 4 is 11.9 Å². The summed E-state index contributed by atoms with van der Waals surface area (Å²) in [4.78, 5) is 24.5. The highest BCUT2D eigenvalue weighted by molar-refractivity contribution is 5.94. The van der Waals surface area contributed by atoms with Gasteiger partial charge in [-0.1, -0.05) is 29.8 Å². The fourth-order valence-corrected chi connectivity index (χ4v) is 1.64. The largest absolute Gasteiger partial charge is 0.466 e. The number of nitrogens with zero attached hydrogens (tertiary/aromatic N) is 1. The van der Waals surface area contributed by atoms with Crippen LogP contribution in [0.4, 0.5) is 0 Å². The average molecular weight is 249 g/mol. The molecule has 98 valence electrons. The Kier molecular flexibility index (Phi) is 5.36. The molecular formula is C14H19NO3. The van der Waals surface area contributed by atoms with Gasteiger partial charge < -0.3 is 9.64 Å². The van der Waals surface area contributed by atoms with Gasteiger partial charge in [0.05, 0.1) is 6.61 Å². The Bertz CT molecular complexity index is 429. The Morgan fingerprint density at radius 1 is 1.33 bits per heavy atom. The summed E-state index contributed by atoms with van der Waals surface area (Å²) in [6, 6.07) is 7.94. The number of hydrogen-bond acceptors (Lipinski definition) is 3. The zero-order chi connectivity index (χ0) is 13.5. The number of benzene rings is 1. The molecule has 0 aromatic heterocycles. The molecule has 0 saturated heterocycles. The van der Waals surface area contributed by atoms with Crippen molar-refractivity contribution in [3.8, 4) is 0 Å². The lowest BCUT2D eigenvalue weighted by atomic mass is 10.1. The molecule has 1 aromatic rings. The van der Waals surface area contributed by atoms with Crippen molar-refractivity contribution in [3.05, 3.63) is 35.4 Å². The molecule has 0 aliphatic heterocycles. The topological polar surface area (TPSA) is 46.6 Å². The minimum Gasteiger partial charge on any atom is -0.466 e. The van der Waals surface area contributed by atoms with Crippen LogP contribution in [0.15, 0.2) is 24.3 Å². The van der Waals surface area contributed by atoms with Gasteiger partial charge in [0.25, 0.3) is 0 Å². The van der Waals surface area contributed by atoms with Crippen LogP contribution in [0, 0.1) is 6.92 Å². The summed E-state index contributed by atoms with van der Waals surface area (Å²) in [5.74, 6) is -0.700. The zero-order valence-electron chi connectivity index (χ0n) is 11.1. The van der Waals surface area contributed by atoms with Crippen molar-refractivity contribution in [3.63, 3.8) is 0 Å². The average Bonchev–Trinajstić information content (AvgIpc) is 2.29. The number of rotatable bonds is 5. The number of carbonyl (C=O) groups is 2. The van der Waals surface area contributed by atoms with E-state index in [1.807, 2.05) is 31.2 Å². The lowest BCUT2D eigenvalue weighted by molar-refractivity contribution is -0.148. The van der Waals surface area contributed by atoms with Crippen LogP contribution in [0.1, 0.15) is 24.5 Å². The molecular weight excluding hydrogens is 230 g/mol. The molecule has 1 aromatic carbocycles. The smallest absolute Gasteiger partial charge is 0.315 e. The Balaban J connectivity index is 2.52. The predicted molar refractivity (Wildman–Crippen MR) is 68.9 cm³/mol. The van der Waals surface area contributed by atoms with Crippen LogP contribution in [-0.2, 0) is 20.9 Å². The number of hydrogen-bond donors (Lipinski definition) is 0. The second-order valence-corrected chi connectivity index (χ2v) is 4.22. The molecule has 0 radical (unpaired) electrons. The van der Waals surface area contributed by atoms with Gasteiger partial charge in [0.15, 0.2) is 0 Å². The molecule has 0 fully saturated rings. The maximum atomic E-state index is 11.7. The molecule has 0 heterocycles. The number of carbonyl (C=O) groups excluding carboxylic acids is 2. The van der Waals surface area contributed by atoms with Crippen molar-refractivity contribution in [1.29, 1.82) is 0 Å². The summed E-state index contributed by atoms with van der Waals surface area (Å²) >= 11 is 0. The minimum absolute atomic E-state index is 0.198. The zero-order valence-corrected chi connectivity index (χ0v) is 11.1. The molecule has 18 heavy (non-hydrogen) atoms. The monoisotopic (exact) mass is 249 g/mol. The highest BCUT2D eigenvalue weighted by Gasteiger charge is 2.14. The second-order valence-electron chi connectivity index (χ2n) is 4.22. The standard InChI is InChI=1S/C14H19NO3/c1-4-18-14(17)9-13(16)15(3)10-12-7-5-6-11(2)8-12/h5-8H,4,9-10H2,1-3H3. The third kappa shape index (κ3) is 4.57. The van der Waals surface area contributed by atoms with E-state index in [1.54, 1.807) is 14.0 Å². The van der Waals surface area contributed by atoms with Gasteiger partial charge in [-0.05, 0) is 19.4 Å². The molecule has 0 aliphatic rings. The van der Waals surface area contributed by atoms with E-state index in [4.69, 9.17) is 4.74 Å². The number of esters is 1. The second kappa shape index (κ2) is 6.79. The van der Waals surface area contributed by atoms with Crippen LogP contribution in [-0.4, -0.2) is 30.4 Å². The van der Waals surface area contributed by atoms with E-state index in [9.17, 15) is 9.59 Å². The van der Waals surface area contributed by atoms with Crippen molar-refractivity contribution in [1.82, 2.24) is 4.90 Å². The lowest BCUT2D eigenvalue weighted by Gasteiger charge is -2.17. The molecule has 0 aliphatic carbocycles. The fraction of sp³-hybridized carbons (Fsp3) is 0.429. The molecule has 0 spiro atoms. The van der Waals surface area contributed by atoms with E-state index >= 15 is 0 Å². The summed E-state index contributed by atoms with van der Waals surface area (Å²) in [6.45, 7) is 4.52. The first-order valence-electron chi connectivity index (χ1n) is 5.98. The Morgan fingerprint density at radius 2 is 2.06 bits per heavy atom. The third-order valence-electron chi connectivity index (χ3n) is 2.53. The highest BCUT2D eigenvalue weighted by Crippen LogP contribution is 2.07. The molecule has 1 amide bonds. The number of amides is 1. The molecule has 0 bridgehead atoms. The Morgan fingerprint density at radius 3 is 2.67 bits per heavy atom. The molecule has 0 unspecified atom stereocenters. The molecule has 0 atom stereocenters. The summed E-state index contributed by atoms with van der Waals surface area (Å²) in [6.07, 6.45) is -0.198. The van der Waals surface area contributed by atoms with Gasteiger partial charge in [-0.25, -0.2) is 0 Å². The SMILES string of the molecule is CCOC(=O)CC(=O)N(C)Cc1cccc(C)c1. The van der Waals surface area contributed by atoms with Gasteiger partial charge in [0.2, 0.25) is 5.91 Å². The molecule has 1 rings (SSSR count). The first-order valence-corrected chi connectivity index (χ1v) is 5.98. The van der Waals surface area contributed by atoms with Gasteiger partial charge in [0, 0.05) is 13.6 Å². The van der Waals surface area contributed by atoms with Gasteiger partial charge >= 0.3 is 5.97 Å². The fourth-order valence-electron chi connectivity index (χ4n) is 1.64. The predicted octanol–water partition coefficient (Wildman–Crippen LogP) is 1.91. The van der Waals surface area contributed by atoms with Crippen LogP contribution in [0.2, 0.25) is 0 Å². The van der Waals surface area contributed by atoms with Crippen molar-refractivity contribution in [2.75, 3.05) is 13.7 Å². The van der Waals surface area contributed by atoms with Crippen molar-refractivity contribution in [2.24, 2.45) is 0 Å².